The number of likely N-dealkylation sites (N-methyl/N-ethyl adjacent to an activating group) is 1. The van der Waals surface area contributed by atoms with Crippen LogP contribution in [0.2, 0.25) is 0 Å². The van der Waals surface area contributed by atoms with Gasteiger partial charge in [-0.15, -0.1) is 0 Å². The molecule has 0 aliphatic carbocycles. The lowest BCUT2D eigenvalue weighted by Crippen LogP contribution is -2.42. The Labute approximate surface area is 115 Å². The third-order valence-electron chi connectivity index (χ3n) is 3.37. The van der Waals surface area contributed by atoms with Crippen LogP contribution in [0.15, 0.2) is 12.3 Å². The summed E-state index contributed by atoms with van der Waals surface area (Å²) in [6.07, 6.45) is 5.15. The van der Waals surface area contributed by atoms with Crippen molar-refractivity contribution in [1.29, 1.82) is 0 Å². The number of anilines is 1. The summed E-state index contributed by atoms with van der Waals surface area (Å²) in [6.45, 7) is 8.37. The van der Waals surface area contributed by atoms with Gasteiger partial charge in [-0.1, -0.05) is 13.8 Å². The van der Waals surface area contributed by atoms with Crippen LogP contribution in [0.5, 0.6) is 5.88 Å². The number of hydrogen-bond donors (Lipinski definition) is 1. The Morgan fingerprint density at radius 2 is 2.37 bits per heavy atom. The largest absolute Gasteiger partial charge is 0.478 e. The summed E-state index contributed by atoms with van der Waals surface area (Å²) in [5.74, 6) is 1.33. The molecule has 1 atom stereocenters. The molecule has 0 saturated carbocycles. The summed E-state index contributed by atoms with van der Waals surface area (Å²) in [6, 6.07) is 2.25. The molecular weight excluding hydrogens is 240 g/mol. The van der Waals surface area contributed by atoms with Crippen molar-refractivity contribution in [3.8, 4) is 5.88 Å². The lowest BCUT2D eigenvalue weighted by molar-refractivity contribution is 0.226. The highest BCUT2D eigenvalue weighted by molar-refractivity contribution is 5.29. The summed E-state index contributed by atoms with van der Waals surface area (Å²) in [4.78, 5) is 11.1. The first kappa shape index (κ1) is 14.1. The van der Waals surface area contributed by atoms with Crippen LogP contribution in [-0.2, 0) is 0 Å². The predicted octanol–water partition coefficient (Wildman–Crippen LogP) is 2.16. The fraction of sp³-hybridized carbons (Fsp3) is 0.714. The Balaban J connectivity index is 1.90. The lowest BCUT2D eigenvalue weighted by atomic mass is 10.1. The van der Waals surface area contributed by atoms with Gasteiger partial charge in [0.05, 0.1) is 6.61 Å². The van der Waals surface area contributed by atoms with Crippen LogP contribution >= 0.6 is 0 Å². The van der Waals surface area contributed by atoms with Crippen molar-refractivity contribution in [2.75, 3.05) is 31.6 Å². The molecule has 19 heavy (non-hydrogen) atoms. The second kappa shape index (κ2) is 7.28. The first-order valence-electron chi connectivity index (χ1n) is 7.26. The standard InChI is InChI=1S/C14H24N4O/c1-3-10-19-13-7-8-15-14(17-13)16-12-6-5-9-18(4-2)11-12/h7-8,12H,3-6,9-11H2,1-2H3,(H,15,16,17). The fourth-order valence-electron chi connectivity index (χ4n) is 2.34. The topological polar surface area (TPSA) is 50.3 Å². The van der Waals surface area contributed by atoms with Gasteiger partial charge < -0.3 is 15.0 Å². The van der Waals surface area contributed by atoms with Crippen molar-refractivity contribution >= 4 is 5.95 Å². The van der Waals surface area contributed by atoms with Crippen LogP contribution < -0.4 is 10.1 Å². The second-order valence-corrected chi connectivity index (χ2v) is 4.94. The van der Waals surface area contributed by atoms with E-state index in [0.717, 1.165) is 19.5 Å². The number of piperidine rings is 1. The smallest absolute Gasteiger partial charge is 0.226 e. The zero-order chi connectivity index (χ0) is 13.5. The molecule has 106 valence electrons. The Hall–Kier alpha value is -1.36. The van der Waals surface area contributed by atoms with Gasteiger partial charge in [0.15, 0.2) is 0 Å². The highest BCUT2D eigenvalue weighted by Crippen LogP contribution is 2.15. The van der Waals surface area contributed by atoms with Crippen molar-refractivity contribution in [2.24, 2.45) is 0 Å². The van der Waals surface area contributed by atoms with E-state index in [-0.39, 0.29) is 0 Å². The van der Waals surface area contributed by atoms with E-state index in [9.17, 15) is 0 Å². The van der Waals surface area contributed by atoms with Crippen molar-refractivity contribution in [3.63, 3.8) is 0 Å². The van der Waals surface area contributed by atoms with Crippen molar-refractivity contribution in [3.05, 3.63) is 12.3 Å². The highest BCUT2D eigenvalue weighted by atomic mass is 16.5. The molecule has 2 rings (SSSR count). The van der Waals surface area contributed by atoms with Crippen LogP contribution in [0, 0.1) is 0 Å². The molecule has 1 unspecified atom stereocenters. The summed E-state index contributed by atoms with van der Waals surface area (Å²) < 4.78 is 5.53. The minimum Gasteiger partial charge on any atom is -0.478 e. The van der Waals surface area contributed by atoms with E-state index in [4.69, 9.17) is 4.74 Å². The number of nitrogens with zero attached hydrogens (tertiary/aromatic N) is 3. The lowest BCUT2D eigenvalue weighted by Gasteiger charge is -2.32. The van der Waals surface area contributed by atoms with Gasteiger partial charge >= 0.3 is 0 Å². The molecule has 0 bridgehead atoms. The van der Waals surface area contributed by atoms with Crippen molar-refractivity contribution < 1.29 is 4.74 Å². The van der Waals surface area contributed by atoms with E-state index >= 15 is 0 Å². The van der Waals surface area contributed by atoms with Crippen LogP contribution in [0.4, 0.5) is 5.95 Å². The number of ether oxygens (including phenoxy) is 1. The van der Waals surface area contributed by atoms with E-state index in [2.05, 4.69) is 34.0 Å². The van der Waals surface area contributed by atoms with Gasteiger partial charge in [0.25, 0.3) is 0 Å². The van der Waals surface area contributed by atoms with E-state index < -0.39 is 0 Å². The van der Waals surface area contributed by atoms with Gasteiger partial charge in [-0.2, -0.15) is 4.98 Å². The molecule has 0 amide bonds. The minimum absolute atomic E-state index is 0.440. The molecule has 1 aliphatic heterocycles. The predicted molar refractivity (Wildman–Crippen MR) is 76.6 cm³/mol. The van der Waals surface area contributed by atoms with E-state index in [0.29, 0.717) is 24.5 Å². The molecule has 5 heteroatoms. The minimum atomic E-state index is 0.440. The maximum atomic E-state index is 5.53. The molecule has 1 N–H and O–H groups in total. The van der Waals surface area contributed by atoms with E-state index in [1.54, 1.807) is 12.3 Å². The maximum absolute atomic E-state index is 5.53. The van der Waals surface area contributed by atoms with Crippen molar-refractivity contribution in [2.45, 2.75) is 39.2 Å². The molecule has 1 saturated heterocycles. The van der Waals surface area contributed by atoms with Gasteiger partial charge in [0, 0.05) is 24.8 Å². The first-order chi connectivity index (χ1) is 9.31. The summed E-state index contributed by atoms with van der Waals surface area (Å²) in [5, 5.41) is 3.42. The normalized spacial score (nSPS) is 20.2. The highest BCUT2D eigenvalue weighted by Gasteiger charge is 2.19. The quantitative estimate of drug-likeness (QED) is 0.853. The average molecular weight is 264 g/mol. The first-order valence-corrected chi connectivity index (χ1v) is 7.26. The van der Waals surface area contributed by atoms with Gasteiger partial charge in [0.1, 0.15) is 0 Å². The molecule has 1 aromatic rings. The van der Waals surface area contributed by atoms with Gasteiger partial charge in [0.2, 0.25) is 11.8 Å². The molecule has 1 aliphatic rings. The Kier molecular flexibility index (Phi) is 5.39. The van der Waals surface area contributed by atoms with Crippen LogP contribution in [-0.4, -0.2) is 47.2 Å². The Bertz CT molecular complexity index is 385. The Morgan fingerprint density at radius 3 is 3.16 bits per heavy atom. The fourth-order valence-corrected chi connectivity index (χ4v) is 2.34. The average Bonchev–Trinajstić information content (AvgIpc) is 2.46. The molecule has 0 radical (unpaired) electrons. The number of rotatable bonds is 6. The molecule has 5 nitrogen and oxygen atoms in total. The SMILES string of the molecule is CCCOc1ccnc(NC2CCCN(CC)C2)n1. The maximum Gasteiger partial charge on any atom is 0.226 e. The molecule has 1 aromatic heterocycles. The van der Waals surface area contributed by atoms with Crippen molar-refractivity contribution in [1.82, 2.24) is 14.9 Å². The summed E-state index contributed by atoms with van der Waals surface area (Å²) in [5.41, 5.74) is 0. The number of nitrogens with one attached hydrogen (secondary N) is 1. The molecule has 0 spiro atoms. The zero-order valence-corrected chi connectivity index (χ0v) is 11.9. The Morgan fingerprint density at radius 1 is 1.47 bits per heavy atom. The van der Waals surface area contributed by atoms with Gasteiger partial charge in [-0.3, -0.25) is 0 Å². The molecular formula is C14H24N4O. The second-order valence-electron chi connectivity index (χ2n) is 4.94. The van der Waals surface area contributed by atoms with Crippen LogP contribution in [0.1, 0.15) is 33.1 Å². The van der Waals surface area contributed by atoms with Gasteiger partial charge in [-0.05, 0) is 32.4 Å². The molecule has 0 aromatic carbocycles. The third kappa shape index (κ3) is 4.35. The van der Waals surface area contributed by atoms with Crippen LogP contribution in [0.25, 0.3) is 0 Å². The van der Waals surface area contributed by atoms with E-state index in [1.165, 1.54) is 19.4 Å². The summed E-state index contributed by atoms with van der Waals surface area (Å²) >= 11 is 0. The third-order valence-corrected chi connectivity index (χ3v) is 3.37. The van der Waals surface area contributed by atoms with Gasteiger partial charge in [-0.25, -0.2) is 4.98 Å². The van der Waals surface area contributed by atoms with Crippen LogP contribution in [0.3, 0.4) is 0 Å². The van der Waals surface area contributed by atoms with E-state index in [1.807, 2.05) is 0 Å². The number of hydrogen-bond acceptors (Lipinski definition) is 5. The molecule has 1 fully saturated rings. The number of aromatic nitrogens is 2. The number of likely N-dealkylation sites (tertiary alicyclic amines) is 1. The summed E-state index contributed by atoms with van der Waals surface area (Å²) in [7, 11) is 0. The zero-order valence-electron chi connectivity index (χ0n) is 11.9. The molecule has 2 heterocycles. The monoisotopic (exact) mass is 264 g/mol.